The van der Waals surface area contributed by atoms with Crippen LogP contribution in [-0.4, -0.2) is 40.8 Å². The normalized spacial score (nSPS) is 11.5. The third-order valence-electron chi connectivity index (χ3n) is 5.11. The molecule has 0 bridgehead atoms. The van der Waals surface area contributed by atoms with Crippen molar-refractivity contribution in [1.82, 2.24) is 15.3 Å². The highest BCUT2D eigenvalue weighted by molar-refractivity contribution is 6.21. The maximum Gasteiger partial charge on any atom is 0.433 e. The number of allylic oxidation sites excluding steroid dienone is 2. The number of aromatic nitrogens is 2. The SMILES string of the molecule is CNC(=O)c1cc(/C(C=N)=C/C(=N)c2cc(NC(=O)c3ccnc(C(F)(F)F)c3)ccc2C)ccn1. The summed E-state index contributed by atoms with van der Waals surface area (Å²) in [5.74, 6) is -1.16. The molecule has 0 saturated carbocycles. The number of rotatable bonds is 7. The lowest BCUT2D eigenvalue weighted by molar-refractivity contribution is -0.141. The topological polar surface area (TPSA) is 132 Å². The molecule has 0 fully saturated rings. The predicted molar refractivity (Wildman–Crippen MR) is 130 cm³/mol. The van der Waals surface area contributed by atoms with E-state index in [-0.39, 0.29) is 22.7 Å². The zero-order chi connectivity index (χ0) is 26.5. The van der Waals surface area contributed by atoms with Gasteiger partial charge in [0, 0.05) is 48.0 Å². The number of nitrogens with zero attached hydrogens (tertiary/aromatic N) is 2. The van der Waals surface area contributed by atoms with Crippen LogP contribution in [0.1, 0.15) is 43.2 Å². The number of anilines is 1. The van der Waals surface area contributed by atoms with Crippen molar-refractivity contribution < 1.29 is 22.8 Å². The fourth-order valence-electron chi connectivity index (χ4n) is 3.22. The van der Waals surface area contributed by atoms with Crippen LogP contribution in [0.2, 0.25) is 0 Å². The molecule has 0 unspecified atom stereocenters. The molecular weight excluding hydrogens is 473 g/mol. The van der Waals surface area contributed by atoms with Gasteiger partial charge in [0.2, 0.25) is 0 Å². The van der Waals surface area contributed by atoms with Crippen molar-refractivity contribution in [2.24, 2.45) is 0 Å². The first-order chi connectivity index (χ1) is 17.0. The standard InChI is InChI=1S/C25H21F3N6O2/c1-14-3-4-18(34-23(35)16-6-8-33-22(11-16)25(26,27)28)12-19(14)20(30)9-17(13-29)15-5-7-32-21(10-15)24(36)31-2/h3-13,29-30H,1-2H3,(H,31,36)(H,34,35)/b17-9+,29-13?,30-20?. The molecule has 3 aromatic rings. The Kier molecular flexibility index (Phi) is 7.73. The zero-order valence-corrected chi connectivity index (χ0v) is 19.2. The Morgan fingerprint density at radius 3 is 2.33 bits per heavy atom. The van der Waals surface area contributed by atoms with Gasteiger partial charge in [0.05, 0.1) is 5.71 Å². The van der Waals surface area contributed by atoms with Crippen LogP contribution in [0, 0.1) is 17.7 Å². The Morgan fingerprint density at radius 1 is 0.972 bits per heavy atom. The van der Waals surface area contributed by atoms with E-state index < -0.39 is 23.7 Å². The molecule has 184 valence electrons. The van der Waals surface area contributed by atoms with Crippen molar-refractivity contribution >= 4 is 35.0 Å². The van der Waals surface area contributed by atoms with Crippen LogP contribution in [0.4, 0.5) is 18.9 Å². The number of aryl methyl sites for hydroxylation is 1. The minimum atomic E-state index is -4.68. The molecule has 8 nitrogen and oxygen atoms in total. The lowest BCUT2D eigenvalue weighted by Gasteiger charge is -2.12. The molecule has 2 aromatic heterocycles. The Morgan fingerprint density at radius 2 is 1.67 bits per heavy atom. The molecule has 0 atom stereocenters. The summed E-state index contributed by atoms with van der Waals surface area (Å²) in [4.78, 5) is 31.6. The van der Waals surface area contributed by atoms with E-state index in [4.69, 9.17) is 10.8 Å². The highest BCUT2D eigenvalue weighted by Gasteiger charge is 2.33. The van der Waals surface area contributed by atoms with Gasteiger partial charge in [-0.15, -0.1) is 0 Å². The van der Waals surface area contributed by atoms with Crippen LogP contribution in [0.3, 0.4) is 0 Å². The summed E-state index contributed by atoms with van der Waals surface area (Å²) in [5.41, 5.74) is 1.02. The maximum absolute atomic E-state index is 12.9. The van der Waals surface area contributed by atoms with Gasteiger partial charge in [-0.1, -0.05) is 6.07 Å². The molecule has 2 heterocycles. The number of hydrogen-bond acceptors (Lipinski definition) is 6. The molecule has 3 rings (SSSR count). The summed E-state index contributed by atoms with van der Waals surface area (Å²) < 4.78 is 38.8. The molecule has 0 radical (unpaired) electrons. The average Bonchev–Trinajstić information content (AvgIpc) is 2.87. The number of hydrogen-bond donors (Lipinski definition) is 4. The van der Waals surface area contributed by atoms with Gasteiger partial charge in [0.25, 0.3) is 11.8 Å². The second-order valence-electron chi connectivity index (χ2n) is 7.58. The van der Waals surface area contributed by atoms with Crippen molar-refractivity contribution in [3.63, 3.8) is 0 Å². The van der Waals surface area contributed by atoms with Crippen LogP contribution in [0.15, 0.2) is 60.9 Å². The quantitative estimate of drug-likeness (QED) is 0.360. The first-order valence-corrected chi connectivity index (χ1v) is 10.5. The smallest absolute Gasteiger partial charge is 0.354 e. The van der Waals surface area contributed by atoms with Gasteiger partial charge >= 0.3 is 6.18 Å². The fraction of sp³-hybridized carbons (Fsp3) is 0.120. The fourth-order valence-corrected chi connectivity index (χ4v) is 3.22. The molecule has 0 aliphatic carbocycles. The Hall–Kier alpha value is -4.67. The van der Waals surface area contributed by atoms with Gasteiger partial charge in [-0.25, -0.2) is 0 Å². The van der Waals surface area contributed by atoms with Crippen LogP contribution >= 0.6 is 0 Å². The monoisotopic (exact) mass is 494 g/mol. The molecule has 36 heavy (non-hydrogen) atoms. The number of alkyl halides is 3. The minimum absolute atomic E-state index is 0.0173. The van der Waals surface area contributed by atoms with Crippen molar-refractivity contribution in [3.05, 3.63) is 94.6 Å². The van der Waals surface area contributed by atoms with Crippen LogP contribution < -0.4 is 10.6 Å². The van der Waals surface area contributed by atoms with Crippen molar-refractivity contribution in [3.8, 4) is 0 Å². The molecular formula is C25H21F3N6O2. The van der Waals surface area contributed by atoms with Gasteiger partial charge in [-0.05, 0) is 60.5 Å². The molecule has 2 amide bonds. The summed E-state index contributed by atoms with van der Waals surface area (Å²) in [6, 6.07) is 9.66. The summed E-state index contributed by atoms with van der Waals surface area (Å²) in [6.07, 6.45) is 0.123. The van der Waals surface area contributed by atoms with E-state index in [0.717, 1.165) is 12.4 Å². The second kappa shape index (κ2) is 10.7. The Bertz CT molecular complexity index is 1380. The highest BCUT2D eigenvalue weighted by Crippen LogP contribution is 2.28. The molecule has 4 N–H and O–H groups in total. The number of carbonyl (C=O) groups is 2. The van der Waals surface area contributed by atoms with Crippen molar-refractivity contribution in [2.45, 2.75) is 13.1 Å². The first-order valence-electron chi connectivity index (χ1n) is 10.5. The maximum atomic E-state index is 12.9. The summed E-state index contributed by atoms with van der Waals surface area (Å²) in [7, 11) is 1.47. The molecule has 1 aromatic carbocycles. The molecule has 11 heteroatoms. The number of nitrogens with one attached hydrogen (secondary N) is 4. The van der Waals surface area contributed by atoms with Crippen LogP contribution in [-0.2, 0) is 6.18 Å². The molecule has 0 saturated heterocycles. The number of benzene rings is 1. The van der Waals surface area contributed by atoms with Crippen molar-refractivity contribution in [1.29, 1.82) is 10.8 Å². The van der Waals surface area contributed by atoms with E-state index in [1.807, 2.05) is 0 Å². The number of amides is 2. The van der Waals surface area contributed by atoms with E-state index in [0.29, 0.717) is 28.3 Å². The third kappa shape index (κ3) is 6.06. The summed E-state index contributed by atoms with van der Waals surface area (Å²) in [5, 5.41) is 21.3. The molecule has 0 aliphatic rings. The second-order valence-corrected chi connectivity index (χ2v) is 7.58. The van der Waals surface area contributed by atoms with Gasteiger partial charge in [0.1, 0.15) is 11.4 Å². The number of pyridine rings is 2. The van der Waals surface area contributed by atoms with E-state index >= 15 is 0 Å². The lowest BCUT2D eigenvalue weighted by atomic mass is 9.98. The van der Waals surface area contributed by atoms with Gasteiger partial charge < -0.3 is 21.5 Å². The first kappa shape index (κ1) is 25.9. The minimum Gasteiger partial charge on any atom is -0.354 e. The third-order valence-corrected chi connectivity index (χ3v) is 5.11. The molecule has 0 aliphatic heterocycles. The number of halogens is 3. The highest BCUT2D eigenvalue weighted by atomic mass is 19.4. The Balaban J connectivity index is 1.88. The van der Waals surface area contributed by atoms with Crippen LogP contribution in [0.25, 0.3) is 5.57 Å². The number of carbonyl (C=O) groups excluding carboxylic acids is 2. The Labute approximate surface area is 204 Å². The van der Waals surface area contributed by atoms with Gasteiger partial charge in [-0.3, -0.25) is 19.6 Å². The van der Waals surface area contributed by atoms with Gasteiger partial charge in [-0.2, -0.15) is 13.2 Å². The van der Waals surface area contributed by atoms with E-state index in [1.165, 1.54) is 37.5 Å². The summed E-state index contributed by atoms with van der Waals surface area (Å²) in [6.45, 7) is 1.75. The van der Waals surface area contributed by atoms with E-state index in [1.54, 1.807) is 25.1 Å². The average molecular weight is 494 g/mol. The summed E-state index contributed by atoms with van der Waals surface area (Å²) >= 11 is 0. The zero-order valence-electron chi connectivity index (χ0n) is 19.2. The van der Waals surface area contributed by atoms with Crippen LogP contribution in [0.5, 0.6) is 0 Å². The molecule has 0 spiro atoms. The van der Waals surface area contributed by atoms with Gasteiger partial charge in [0.15, 0.2) is 0 Å². The largest absolute Gasteiger partial charge is 0.433 e. The van der Waals surface area contributed by atoms with E-state index in [9.17, 15) is 22.8 Å². The lowest BCUT2D eigenvalue weighted by Crippen LogP contribution is -2.19. The van der Waals surface area contributed by atoms with E-state index in [2.05, 4.69) is 20.6 Å². The van der Waals surface area contributed by atoms with Crippen molar-refractivity contribution in [2.75, 3.05) is 12.4 Å². The predicted octanol–water partition coefficient (Wildman–Crippen LogP) is 4.52.